The third-order valence-electron chi connectivity index (χ3n) is 2.88. The van der Waals surface area contributed by atoms with Gasteiger partial charge in [-0.3, -0.25) is 0 Å². The van der Waals surface area contributed by atoms with Crippen molar-refractivity contribution in [3.8, 4) is 5.75 Å². The summed E-state index contributed by atoms with van der Waals surface area (Å²) in [5.41, 5.74) is 1.27. The number of hydrogen-bond acceptors (Lipinski definition) is 3. The van der Waals surface area contributed by atoms with Crippen molar-refractivity contribution in [3.05, 3.63) is 29.8 Å². The highest BCUT2D eigenvalue weighted by atomic mass is 16.5. The second-order valence-electron chi connectivity index (χ2n) is 4.29. The van der Waals surface area contributed by atoms with Gasteiger partial charge in [0, 0.05) is 26.2 Å². The molecule has 3 heteroatoms. The first-order chi connectivity index (χ1) is 8.17. The fourth-order valence-corrected chi connectivity index (χ4v) is 1.58. The Morgan fingerprint density at radius 3 is 2.35 bits per heavy atom. The van der Waals surface area contributed by atoms with Crippen molar-refractivity contribution < 1.29 is 9.47 Å². The number of nitrogens with one attached hydrogen (secondary N) is 1. The molecule has 0 aromatic heterocycles. The Kier molecular flexibility index (Phi) is 6.01. The zero-order valence-electron chi connectivity index (χ0n) is 11.2. The third kappa shape index (κ3) is 4.75. The van der Waals surface area contributed by atoms with Gasteiger partial charge in [-0.2, -0.15) is 0 Å². The van der Waals surface area contributed by atoms with Crippen molar-refractivity contribution in [1.82, 2.24) is 5.32 Å². The molecular formula is C14H23NO2. The summed E-state index contributed by atoms with van der Waals surface area (Å²) in [6.07, 6.45) is 1.09. The average molecular weight is 237 g/mol. The van der Waals surface area contributed by atoms with Crippen LogP contribution in [0.15, 0.2) is 24.3 Å². The molecule has 0 spiro atoms. The van der Waals surface area contributed by atoms with Gasteiger partial charge in [0.1, 0.15) is 5.75 Å². The minimum atomic E-state index is 0.183. The minimum Gasteiger partial charge on any atom is -0.491 e. The van der Waals surface area contributed by atoms with Crippen LogP contribution in [0.25, 0.3) is 0 Å². The first kappa shape index (κ1) is 14.0. The van der Waals surface area contributed by atoms with E-state index in [2.05, 4.69) is 31.3 Å². The molecule has 1 aromatic rings. The molecule has 1 rings (SSSR count). The summed E-state index contributed by atoms with van der Waals surface area (Å²) in [5, 5.41) is 3.21. The SMILES string of the molecule is CNC(C)c1ccc(OC(C)CCOC)cc1. The Hall–Kier alpha value is -1.06. The van der Waals surface area contributed by atoms with Crippen molar-refractivity contribution in [1.29, 1.82) is 0 Å². The Labute approximate surface area is 104 Å². The van der Waals surface area contributed by atoms with Gasteiger partial charge in [0.15, 0.2) is 0 Å². The minimum absolute atomic E-state index is 0.183. The summed E-state index contributed by atoms with van der Waals surface area (Å²) >= 11 is 0. The Morgan fingerprint density at radius 1 is 1.18 bits per heavy atom. The molecule has 0 aliphatic rings. The van der Waals surface area contributed by atoms with Crippen LogP contribution in [0.2, 0.25) is 0 Å². The molecular weight excluding hydrogens is 214 g/mol. The molecule has 0 radical (unpaired) electrons. The van der Waals surface area contributed by atoms with E-state index in [0.29, 0.717) is 6.04 Å². The van der Waals surface area contributed by atoms with Crippen LogP contribution in [0.4, 0.5) is 0 Å². The first-order valence-corrected chi connectivity index (χ1v) is 6.10. The van der Waals surface area contributed by atoms with Crippen molar-refractivity contribution in [2.75, 3.05) is 20.8 Å². The zero-order valence-corrected chi connectivity index (χ0v) is 11.2. The van der Waals surface area contributed by atoms with Crippen LogP contribution in [0.3, 0.4) is 0 Å². The lowest BCUT2D eigenvalue weighted by atomic mass is 10.1. The molecule has 1 aromatic carbocycles. The Morgan fingerprint density at radius 2 is 1.82 bits per heavy atom. The van der Waals surface area contributed by atoms with Crippen LogP contribution < -0.4 is 10.1 Å². The second kappa shape index (κ2) is 7.30. The molecule has 0 saturated heterocycles. The molecule has 0 saturated carbocycles. The topological polar surface area (TPSA) is 30.5 Å². The molecule has 0 aliphatic heterocycles. The molecule has 2 atom stereocenters. The molecule has 0 heterocycles. The van der Waals surface area contributed by atoms with Gasteiger partial charge in [0.25, 0.3) is 0 Å². The van der Waals surface area contributed by atoms with Gasteiger partial charge >= 0.3 is 0 Å². The lowest BCUT2D eigenvalue weighted by Gasteiger charge is -2.15. The van der Waals surface area contributed by atoms with Gasteiger partial charge in [-0.15, -0.1) is 0 Å². The van der Waals surface area contributed by atoms with Gasteiger partial charge in [-0.1, -0.05) is 12.1 Å². The van der Waals surface area contributed by atoms with Crippen molar-refractivity contribution in [2.24, 2.45) is 0 Å². The fourth-order valence-electron chi connectivity index (χ4n) is 1.58. The van der Waals surface area contributed by atoms with Crippen LogP contribution in [0.1, 0.15) is 31.9 Å². The fraction of sp³-hybridized carbons (Fsp3) is 0.571. The monoisotopic (exact) mass is 237 g/mol. The summed E-state index contributed by atoms with van der Waals surface area (Å²) in [6.45, 7) is 4.93. The molecule has 0 aliphatic carbocycles. The number of ether oxygens (including phenoxy) is 2. The average Bonchev–Trinajstić information content (AvgIpc) is 2.36. The van der Waals surface area contributed by atoms with Gasteiger partial charge in [-0.25, -0.2) is 0 Å². The summed E-state index contributed by atoms with van der Waals surface area (Å²) in [7, 11) is 3.67. The van der Waals surface area contributed by atoms with Crippen LogP contribution >= 0.6 is 0 Å². The van der Waals surface area contributed by atoms with Crippen molar-refractivity contribution in [2.45, 2.75) is 32.4 Å². The predicted molar refractivity (Wildman–Crippen MR) is 70.5 cm³/mol. The molecule has 17 heavy (non-hydrogen) atoms. The third-order valence-corrected chi connectivity index (χ3v) is 2.88. The van der Waals surface area contributed by atoms with Crippen molar-refractivity contribution >= 4 is 0 Å². The highest BCUT2D eigenvalue weighted by Crippen LogP contribution is 2.18. The maximum absolute atomic E-state index is 5.78. The number of benzene rings is 1. The number of rotatable bonds is 7. The van der Waals surface area contributed by atoms with E-state index in [1.165, 1.54) is 5.56 Å². The summed E-state index contributed by atoms with van der Waals surface area (Å²) in [5.74, 6) is 0.917. The molecule has 0 bridgehead atoms. The molecule has 3 nitrogen and oxygen atoms in total. The van der Waals surface area contributed by atoms with Gasteiger partial charge < -0.3 is 14.8 Å². The molecule has 0 fully saturated rings. The smallest absolute Gasteiger partial charge is 0.119 e. The largest absolute Gasteiger partial charge is 0.491 e. The highest BCUT2D eigenvalue weighted by Gasteiger charge is 2.05. The van der Waals surface area contributed by atoms with Crippen molar-refractivity contribution in [3.63, 3.8) is 0 Å². The summed E-state index contributed by atoms with van der Waals surface area (Å²) in [4.78, 5) is 0. The lowest BCUT2D eigenvalue weighted by molar-refractivity contribution is 0.135. The second-order valence-corrected chi connectivity index (χ2v) is 4.29. The van der Waals surface area contributed by atoms with Crippen LogP contribution in [0, 0.1) is 0 Å². The zero-order chi connectivity index (χ0) is 12.7. The predicted octanol–water partition coefficient (Wildman–Crippen LogP) is 2.77. The van der Waals surface area contributed by atoms with E-state index in [1.807, 2.05) is 19.2 Å². The summed E-state index contributed by atoms with van der Waals surface area (Å²) in [6, 6.07) is 8.60. The standard InChI is InChI=1S/C14H23NO2/c1-11(9-10-16-4)17-14-7-5-13(6-8-14)12(2)15-3/h5-8,11-12,15H,9-10H2,1-4H3. The Balaban J connectivity index is 2.50. The molecule has 0 amide bonds. The van der Waals surface area contributed by atoms with Gasteiger partial charge in [0.2, 0.25) is 0 Å². The van der Waals surface area contributed by atoms with E-state index < -0.39 is 0 Å². The molecule has 1 N–H and O–H groups in total. The normalized spacial score (nSPS) is 14.4. The van der Waals surface area contributed by atoms with Gasteiger partial charge in [-0.05, 0) is 38.6 Å². The van der Waals surface area contributed by atoms with Gasteiger partial charge in [0.05, 0.1) is 6.10 Å². The van der Waals surface area contributed by atoms with E-state index in [4.69, 9.17) is 9.47 Å². The highest BCUT2D eigenvalue weighted by molar-refractivity contribution is 5.29. The molecule has 96 valence electrons. The Bertz CT molecular complexity index is 311. The first-order valence-electron chi connectivity index (χ1n) is 6.10. The molecule has 2 unspecified atom stereocenters. The summed E-state index contributed by atoms with van der Waals surface area (Å²) < 4.78 is 10.8. The maximum atomic E-state index is 5.78. The van der Waals surface area contributed by atoms with E-state index in [1.54, 1.807) is 7.11 Å². The van der Waals surface area contributed by atoms with E-state index in [9.17, 15) is 0 Å². The van der Waals surface area contributed by atoms with Crippen LogP contribution in [0.5, 0.6) is 5.75 Å². The number of hydrogen-bond donors (Lipinski definition) is 1. The quantitative estimate of drug-likeness (QED) is 0.791. The van der Waals surface area contributed by atoms with E-state index in [-0.39, 0.29) is 6.10 Å². The number of methoxy groups -OCH3 is 1. The van der Waals surface area contributed by atoms with E-state index >= 15 is 0 Å². The van der Waals surface area contributed by atoms with Crippen LogP contribution in [-0.4, -0.2) is 26.9 Å². The lowest BCUT2D eigenvalue weighted by Crippen LogP contribution is -2.14. The maximum Gasteiger partial charge on any atom is 0.119 e. The van der Waals surface area contributed by atoms with Crippen LogP contribution in [-0.2, 0) is 4.74 Å². The van der Waals surface area contributed by atoms with E-state index in [0.717, 1.165) is 18.8 Å².